The fourth-order valence-electron chi connectivity index (χ4n) is 1.53. The van der Waals surface area contributed by atoms with Crippen molar-refractivity contribution in [3.63, 3.8) is 0 Å². The van der Waals surface area contributed by atoms with Crippen LogP contribution >= 0.6 is 23.8 Å². The molecule has 0 unspecified atom stereocenters. The van der Waals surface area contributed by atoms with Gasteiger partial charge in [0.25, 0.3) is 0 Å². The highest BCUT2D eigenvalue weighted by Gasteiger charge is 2.10. The molecule has 2 N–H and O–H groups in total. The van der Waals surface area contributed by atoms with Crippen LogP contribution in [-0.4, -0.2) is 23.0 Å². The molecule has 0 bridgehead atoms. The van der Waals surface area contributed by atoms with Crippen LogP contribution in [0.4, 0.5) is 4.39 Å². The van der Waals surface area contributed by atoms with Gasteiger partial charge in [0.15, 0.2) is 0 Å². The standard InChI is InChI=1S/C12H16ClFN2S/c1-2-16(7-6-11(15)17)8-9-4-3-5-10(13)12(9)14/h3-5H,2,6-8H2,1H3,(H2,15,17). The predicted octanol–water partition coefficient (Wildman–Crippen LogP) is 2.98. The van der Waals surface area contributed by atoms with Crippen molar-refractivity contribution in [2.45, 2.75) is 19.9 Å². The number of benzene rings is 1. The Morgan fingerprint density at radius 1 is 1.53 bits per heavy atom. The summed E-state index contributed by atoms with van der Waals surface area (Å²) in [7, 11) is 0. The molecule has 0 aliphatic rings. The van der Waals surface area contributed by atoms with Gasteiger partial charge in [0, 0.05) is 25.1 Å². The molecule has 17 heavy (non-hydrogen) atoms. The van der Waals surface area contributed by atoms with E-state index in [9.17, 15) is 4.39 Å². The Morgan fingerprint density at radius 2 is 2.24 bits per heavy atom. The van der Waals surface area contributed by atoms with Crippen LogP contribution in [0.5, 0.6) is 0 Å². The molecule has 5 heteroatoms. The summed E-state index contributed by atoms with van der Waals surface area (Å²) < 4.78 is 13.7. The zero-order valence-corrected chi connectivity index (χ0v) is 11.3. The lowest BCUT2D eigenvalue weighted by molar-refractivity contribution is 0.284. The maximum atomic E-state index is 13.7. The molecule has 2 nitrogen and oxygen atoms in total. The van der Waals surface area contributed by atoms with Crippen LogP contribution in [0.15, 0.2) is 18.2 Å². The van der Waals surface area contributed by atoms with Gasteiger partial charge in [-0.2, -0.15) is 0 Å². The molecule has 1 rings (SSSR count). The monoisotopic (exact) mass is 274 g/mol. The number of nitrogens with zero attached hydrogens (tertiary/aromatic N) is 1. The van der Waals surface area contributed by atoms with E-state index in [2.05, 4.69) is 4.90 Å². The van der Waals surface area contributed by atoms with E-state index in [4.69, 9.17) is 29.6 Å². The zero-order chi connectivity index (χ0) is 12.8. The molecule has 94 valence electrons. The number of thiocarbonyl (C=S) groups is 1. The van der Waals surface area contributed by atoms with E-state index < -0.39 is 0 Å². The maximum Gasteiger partial charge on any atom is 0.146 e. The molecule has 0 saturated carbocycles. The first-order valence-electron chi connectivity index (χ1n) is 5.48. The summed E-state index contributed by atoms with van der Waals surface area (Å²) in [4.78, 5) is 2.56. The average molecular weight is 275 g/mol. The van der Waals surface area contributed by atoms with Gasteiger partial charge in [-0.25, -0.2) is 4.39 Å². The van der Waals surface area contributed by atoms with Crippen molar-refractivity contribution in [2.24, 2.45) is 5.73 Å². The number of hydrogen-bond acceptors (Lipinski definition) is 2. The van der Waals surface area contributed by atoms with Crippen LogP contribution in [0.1, 0.15) is 18.9 Å². The SMILES string of the molecule is CCN(CCC(N)=S)Cc1cccc(Cl)c1F. The molecule has 0 aromatic heterocycles. The lowest BCUT2D eigenvalue weighted by Crippen LogP contribution is -2.27. The number of halogens is 2. The van der Waals surface area contributed by atoms with Crippen molar-refractivity contribution in [1.82, 2.24) is 4.90 Å². The minimum absolute atomic E-state index is 0.160. The Labute approximate surface area is 112 Å². The molecule has 0 aliphatic heterocycles. The van der Waals surface area contributed by atoms with Gasteiger partial charge in [0.2, 0.25) is 0 Å². The Bertz CT molecular complexity index is 398. The van der Waals surface area contributed by atoms with E-state index in [1.54, 1.807) is 18.2 Å². The van der Waals surface area contributed by atoms with Crippen molar-refractivity contribution in [3.05, 3.63) is 34.6 Å². The Hall–Kier alpha value is -0.710. The fraction of sp³-hybridized carbons (Fsp3) is 0.417. The minimum atomic E-state index is -0.344. The van der Waals surface area contributed by atoms with Crippen molar-refractivity contribution < 1.29 is 4.39 Å². The molecule has 0 atom stereocenters. The summed E-state index contributed by atoms with van der Waals surface area (Å²) in [5.41, 5.74) is 6.05. The third-order valence-corrected chi connectivity index (χ3v) is 3.04. The minimum Gasteiger partial charge on any atom is -0.393 e. The van der Waals surface area contributed by atoms with Crippen molar-refractivity contribution in [2.75, 3.05) is 13.1 Å². The van der Waals surface area contributed by atoms with Crippen molar-refractivity contribution in [1.29, 1.82) is 0 Å². The number of hydrogen-bond donors (Lipinski definition) is 1. The second-order valence-electron chi connectivity index (χ2n) is 3.80. The van der Waals surface area contributed by atoms with E-state index in [-0.39, 0.29) is 10.8 Å². The molecule has 0 aliphatic carbocycles. The van der Waals surface area contributed by atoms with Crippen LogP contribution in [-0.2, 0) is 6.54 Å². The Balaban J connectivity index is 2.67. The van der Waals surface area contributed by atoms with Gasteiger partial charge in [-0.15, -0.1) is 0 Å². The van der Waals surface area contributed by atoms with Crippen LogP contribution in [0.2, 0.25) is 5.02 Å². The van der Waals surface area contributed by atoms with Gasteiger partial charge >= 0.3 is 0 Å². The normalized spacial score (nSPS) is 10.8. The van der Waals surface area contributed by atoms with Gasteiger partial charge in [-0.1, -0.05) is 42.9 Å². The van der Waals surface area contributed by atoms with Crippen LogP contribution in [0.25, 0.3) is 0 Å². The van der Waals surface area contributed by atoms with Gasteiger partial charge in [0.05, 0.1) is 10.0 Å². The van der Waals surface area contributed by atoms with E-state index in [1.807, 2.05) is 6.92 Å². The Kier molecular flexibility index (Phi) is 5.82. The second-order valence-corrected chi connectivity index (χ2v) is 4.73. The van der Waals surface area contributed by atoms with Crippen LogP contribution < -0.4 is 5.73 Å². The second kappa shape index (κ2) is 6.89. The molecular formula is C12H16ClFN2S. The summed E-state index contributed by atoms with van der Waals surface area (Å²) >= 11 is 10.6. The highest BCUT2D eigenvalue weighted by molar-refractivity contribution is 7.80. The molecule has 0 saturated heterocycles. The smallest absolute Gasteiger partial charge is 0.146 e. The van der Waals surface area contributed by atoms with E-state index in [0.29, 0.717) is 23.5 Å². The molecule has 0 fully saturated rings. The molecule has 0 heterocycles. The summed E-state index contributed by atoms with van der Waals surface area (Å²) in [5.74, 6) is -0.344. The third-order valence-electron chi connectivity index (χ3n) is 2.55. The first-order chi connectivity index (χ1) is 8.04. The maximum absolute atomic E-state index is 13.7. The lowest BCUT2D eigenvalue weighted by atomic mass is 10.2. The lowest BCUT2D eigenvalue weighted by Gasteiger charge is -2.20. The highest BCUT2D eigenvalue weighted by atomic mass is 35.5. The largest absolute Gasteiger partial charge is 0.393 e. The zero-order valence-electron chi connectivity index (χ0n) is 9.75. The van der Waals surface area contributed by atoms with Gasteiger partial charge in [-0.05, 0) is 12.6 Å². The van der Waals surface area contributed by atoms with Crippen molar-refractivity contribution in [3.8, 4) is 0 Å². The molecule has 0 amide bonds. The molecule has 1 aromatic carbocycles. The van der Waals surface area contributed by atoms with Crippen molar-refractivity contribution >= 4 is 28.8 Å². The average Bonchev–Trinajstić information content (AvgIpc) is 2.29. The molecular weight excluding hydrogens is 259 g/mol. The first kappa shape index (κ1) is 14.4. The number of nitrogens with two attached hydrogens (primary N) is 1. The number of rotatable bonds is 6. The van der Waals surface area contributed by atoms with E-state index in [0.717, 1.165) is 13.1 Å². The van der Waals surface area contributed by atoms with Gasteiger partial charge in [-0.3, -0.25) is 4.90 Å². The molecule has 0 spiro atoms. The summed E-state index contributed by atoms with van der Waals surface area (Å²) in [6.45, 7) is 4.08. The Morgan fingerprint density at radius 3 is 2.82 bits per heavy atom. The molecule has 1 aromatic rings. The third kappa shape index (κ3) is 4.58. The molecule has 0 radical (unpaired) electrons. The van der Waals surface area contributed by atoms with Crippen LogP contribution in [0, 0.1) is 5.82 Å². The fourth-order valence-corrected chi connectivity index (χ4v) is 1.81. The highest BCUT2D eigenvalue weighted by Crippen LogP contribution is 2.19. The first-order valence-corrected chi connectivity index (χ1v) is 6.26. The quantitative estimate of drug-likeness (QED) is 0.809. The van der Waals surface area contributed by atoms with Crippen LogP contribution in [0.3, 0.4) is 0 Å². The van der Waals surface area contributed by atoms with Gasteiger partial charge < -0.3 is 5.73 Å². The summed E-state index contributed by atoms with van der Waals surface area (Å²) in [6, 6.07) is 5.04. The van der Waals surface area contributed by atoms with E-state index >= 15 is 0 Å². The van der Waals surface area contributed by atoms with Gasteiger partial charge in [0.1, 0.15) is 5.82 Å². The predicted molar refractivity (Wildman–Crippen MR) is 73.8 cm³/mol. The van der Waals surface area contributed by atoms with E-state index in [1.165, 1.54) is 0 Å². The summed E-state index contributed by atoms with van der Waals surface area (Å²) in [5, 5.41) is 0.160. The summed E-state index contributed by atoms with van der Waals surface area (Å²) in [6.07, 6.45) is 0.644. The topological polar surface area (TPSA) is 29.3 Å².